The summed E-state index contributed by atoms with van der Waals surface area (Å²) in [5.74, 6) is -0.271. The molecule has 2 N–H and O–H groups in total. The number of amides is 1. The predicted octanol–water partition coefficient (Wildman–Crippen LogP) is 3.41. The van der Waals surface area contributed by atoms with Crippen molar-refractivity contribution in [2.45, 2.75) is 39.2 Å². The first-order valence-electron chi connectivity index (χ1n) is 8.90. The summed E-state index contributed by atoms with van der Waals surface area (Å²) in [5, 5.41) is 6.44. The Kier molecular flexibility index (Phi) is 6.88. The molecule has 136 valence electrons. The summed E-state index contributed by atoms with van der Waals surface area (Å²) in [4.78, 5) is 17.3. The third kappa shape index (κ3) is 4.98. The highest BCUT2D eigenvalue weighted by Crippen LogP contribution is 2.29. The molecule has 1 saturated heterocycles. The van der Waals surface area contributed by atoms with Gasteiger partial charge >= 0.3 is 0 Å². The van der Waals surface area contributed by atoms with Gasteiger partial charge in [0.2, 0.25) is 5.91 Å². The van der Waals surface area contributed by atoms with E-state index in [1.165, 1.54) is 12.1 Å². The predicted molar refractivity (Wildman–Crippen MR) is 100 cm³/mol. The molecule has 1 fully saturated rings. The molecule has 2 rings (SSSR count). The Morgan fingerprint density at radius 2 is 2.00 bits per heavy atom. The van der Waals surface area contributed by atoms with Crippen molar-refractivity contribution in [3.8, 4) is 0 Å². The van der Waals surface area contributed by atoms with Crippen LogP contribution in [0.4, 0.5) is 4.39 Å². The van der Waals surface area contributed by atoms with E-state index in [-0.39, 0.29) is 17.8 Å². The number of halogens is 1. The fourth-order valence-electron chi connectivity index (χ4n) is 3.03. The number of rotatable bonds is 6. The molecule has 0 radical (unpaired) electrons. The Bertz CT molecular complexity index is 631. The molecule has 1 aliphatic rings. The standard InChI is InChI=1S/C20H28FN3O/c1-4-5-6-17(22-3)18(15-7-9-16(21)10-8-15)24-19(25)20(2)11-13-23-14-12-20/h5-10,18,23H,4,11-14H2,1-3H3,(H,24,25)/b6-5-,22-17?. The molecule has 1 heterocycles. The van der Waals surface area contributed by atoms with Gasteiger partial charge in [0, 0.05) is 12.5 Å². The van der Waals surface area contributed by atoms with E-state index in [1.807, 2.05) is 26.0 Å². The van der Waals surface area contributed by atoms with Gasteiger partial charge in [-0.15, -0.1) is 0 Å². The van der Waals surface area contributed by atoms with Crippen molar-refractivity contribution < 1.29 is 9.18 Å². The van der Waals surface area contributed by atoms with Crippen LogP contribution < -0.4 is 10.6 Å². The number of nitrogens with zero attached hydrogens (tertiary/aromatic N) is 1. The molecular weight excluding hydrogens is 317 g/mol. The fourth-order valence-corrected chi connectivity index (χ4v) is 3.03. The van der Waals surface area contributed by atoms with Gasteiger partial charge in [-0.1, -0.05) is 32.1 Å². The van der Waals surface area contributed by atoms with E-state index in [0.717, 1.165) is 43.6 Å². The van der Waals surface area contributed by atoms with Gasteiger partial charge in [0.25, 0.3) is 0 Å². The second-order valence-electron chi connectivity index (χ2n) is 6.73. The summed E-state index contributed by atoms with van der Waals surface area (Å²) in [6.07, 6.45) is 6.43. The lowest BCUT2D eigenvalue weighted by Crippen LogP contribution is -2.47. The van der Waals surface area contributed by atoms with Crippen molar-refractivity contribution >= 4 is 11.6 Å². The van der Waals surface area contributed by atoms with E-state index < -0.39 is 5.41 Å². The van der Waals surface area contributed by atoms with Gasteiger partial charge in [-0.2, -0.15) is 0 Å². The Balaban J connectivity index is 2.29. The number of carbonyl (C=O) groups excluding carboxylic acids is 1. The lowest BCUT2D eigenvalue weighted by atomic mass is 9.79. The van der Waals surface area contributed by atoms with Crippen LogP contribution >= 0.6 is 0 Å². The second kappa shape index (κ2) is 8.90. The SMILES string of the molecule is CC/C=C\C(=NC)C(NC(=O)C1(C)CCNCC1)c1ccc(F)cc1. The molecule has 1 amide bonds. The average Bonchev–Trinajstić information content (AvgIpc) is 2.62. The summed E-state index contributed by atoms with van der Waals surface area (Å²) in [6.45, 7) is 5.74. The van der Waals surface area contributed by atoms with Gasteiger partial charge in [0.15, 0.2) is 0 Å². The molecule has 0 saturated carbocycles. The molecule has 1 aliphatic heterocycles. The smallest absolute Gasteiger partial charge is 0.226 e. The van der Waals surface area contributed by atoms with Gasteiger partial charge in [-0.05, 0) is 56.1 Å². The average molecular weight is 345 g/mol. The van der Waals surface area contributed by atoms with Crippen LogP contribution in [0.1, 0.15) is 44.7 Å². The normalized spacial score (nSPS) is 19.0. The number of hydrogen-bond donors (Lipinski definition) is 2. The highest BCUT2D eigenvalue weighted by Gasteiger charge is 2.36. The minimum atomic E-state index is -0.392. The minimum Gasteiger partial charge on any atom is -0.343 e. The molecule has 4 nitrogen and oxygen atoms in total. The molecule has 0 aliphatic carbocycles. The van der Waals surface area contributed by atoms with E-state index in [2.05, 4.69) is 15.6 Å². The summed E-state index contributed by atoms with van der Waals surface area (Å²) in [6, 6.07) is 5.86. The number of nitrogens with one attached hydrogen (secondary N) is 2. The molecule has 0 aromatic heterocycles. The number of aliphatic imine (C=N–C) groups is 1. The first kappa shape index (κ1) is 19.3. The Morgan fingerprint density at radius 1 is 1.36 bits per heavy atom. The fraction of sp³-hybridized carbons (Fsp3) is 0.500. The van der Waals surface area contributed by atoms with Crippen LogP contribution in [0.2, 0.25) is 0 Å². The third-order valence-corrected chi connectivity index (χ3v) is 4.81. The summed E-state index contributed by atoms with van der Waals surface area (Å²) in [5.41, 5.74) is 1.20. The van der Waals surface area contributed by atoms with Gasteiger partial charge in [-0.3, -0.25) is 9.79 Å². The number of carbonyl (C=O) groups is 1. The van der Waals surface area contributed by atoms with Crippen molar-refractivity contribution in [3.63, 3.8) is 0 Å². The van der Waals surface area contributed by atoms with E-state index >= 15 is 0 Å². The summed E-state index contributed by atoms with van der Waals surface area (Å²) >= 11 is 0. The molecule has 0 spiro atoms. The van der Waals surface area contributed by atoms with Crippen molar-refractivity contribution in [2.24, 2.45) is 10.4 Å². The van der Waals surface area contributed by atoms with Crippen molar-refractivity contribution in [2.75, 3.05) is 20.1 Å². The number of hydrogen-bond acceptors (Lipinski definition) is 3. The molecule has 25 heavy (non-hydrogen) atoms. The van der Waals surface area contributed by atoms with Crippen LogP contribution in [-0.4, -0.2) is 31.8 Å². The van der Waals surface area contributed by atoms with Gasteiger partial charge in [0.05, 0.1) is 11.8 Å². The minimum absolute atomic E-state index is 0.0226. The maximum Gasteiger partial charge on any atom is 0.226 e. The zero-order valence-electron chi connectivity index (χ0n) is 15.3. The molecule has 1 aromatic rings. The number of benzene rings is 1. The highest BCUT2D eigenvalue weighted by molar-refractivity contribution is 6.02. The Labute approximate surface area is 149 Å². The van der Waals surface area contributed by atoms with Gasteiger partial charge in [-0.25, -0.2) is 4.39 Å². The van der Waals surface area contributed by atoms with Crippen molar-refractivity contribution in [1.82, 2.24) is 10.6 Å². The Hall–Kier alpha value is -2.01. The molecule has 5 heteroatoms. The second-order valence-corrected chi connectivity index (χ2v) is 6.73. The summed E-state index contributed by atoms with van der Waals surface area (Å²) < 4.78 is 13.3. The van der Waals surface area contributed by atoms with Crippen molar-refractivity contribution in [1.29, 1.82) is 0 Å². The van der Waals surface area contributed by atoms with Crippen LogP contribution in [0, 0.1) is 11.2 Å². The van der Waals surface area contributed by atoms with E-state index in [0.29, 0.717) is 0 Å². The third-order valence-electron chi connectivity index (χ3n) is 4.81. The van der Waals surface area contributed by atoms with Crippen molar-refractivity contribution in [3.05, 3.63) is 47.8 Å². The van der Waals surface area contributed by atoms with E-state index in [1.54, 1.807) is 19.2 Å². The van der Waals surface area contributed by atoms with E-state index in [9.17, 15) is 9.18 Å². The molecule has 1 unspecified atom stereocenters. The lowest BCUT2D eigenvalue weighted by Gasteiger charge is -2.34. The van der Waals surface area contributed by atoms with Crippen LogP contribution in [-0.2, 0) is 4.79 Å². The summed E-state index contributed by atoms with van der Waals surface area (Å²) in [7, 11) is 1.71. The zero-order valence-corrected chi connectivity index (χ0v) is 15.3. The molecule has 1 aromatic carbocycles. The Morgan fingerprint density at radius 3 is 2.56 bits per heavy atom. The maximum atomic E-state index is 13.3. The lowest BCUT2D eigenvalue weighted by molar-refractivity contribution is -0.131. The molecule has 0 bridgehead atoms. The maximum absolute atomic E-state index is 13.3. The monoisotopic (exact) mass is 345 g/mol. The van der Waals surface area contributed by atoms with Gasteiger partial charge < -0.3 is 10.6 Å². The van der Waals surface area contributed by atoms with Crippen LogP contribution in [0.5, 0.6) is 0 Å². The first-order chi connectivity index (χ1) is 12.0. The van der Waals surface area contributed by atoms with Crippen LogP contribution in [0.25, 0.3) is 0 Å². The van der Waals surface area contributed by atoms with Crippen LogP contribution in [0.3, 0.4) is 0 Å². The van der Waals surface area contributed by atoms with E-state index in [4.69, 9.17) is 0 Å². The first-order valence-corrected chi connectivity index (χ1v) is 8.90. The van der Waals surface area contributed by atoms with Crippen LogP contribution in [0.15, 0.2) is 41.4 Å². The molecule has 1 atom stereocenters. The zero-order chi connectivity index (χ0) is 18.3. The number of allylic oxidation sites excluding steroid dienone is 1. The topological polar surface area (TPSA) is 53.5 Å². The number of piperidine rings is 1. The molecular formula is C20H28FN3O. The highest BCUT2D eigenvalue weighted by atomic mass is 19.1. The largest absolute Gasteiger partial charge is 0.343 e. The quantitative estimate of drug-likeness (QED) is 0.776. The van der Waals surface area contributed by atoms with Gasteiger partial charge in [0.1, 0.15) is 5.82 Å².